The molecule has 14 heteroatoms. The van der Waals surface area contributed by atoms with E-state index < -0.39 is 39.9 Å². The normalized spacial score (nSPS) is 22.2. The molecule has 0 spiro atoms. The highest BCUT2D eigenvalue weighted by Gasteiger charge is 2.46. The van der Waals surface area contributed by atoms with Crippen molar-refractivity contribution in [3.05, 3.63) is 0 Å². The largest absolute Gasteiger partial charge is 0.443 e. The minimum absolute atomic E-state index is 0.226. The average Bonchev–Trinajstić information content (AvgIpc) is 2.76. The van der Waals surface area contributed by atoms with E-state index in [0.717, 1.165) is 0 Å². The molecule has 2 heterocycles. The van der Waals surface area contributed by atoms with Gasteiger partial charge in [0.2, 0.25) is 0 Å². The molecule has 2 fully saturated rings. The molecular weight excluding hydrogens is 398 g/mol. The molecule has 4 amide bonds. The summed E-state index contributed by atoms with van der Waals surface area (Å²) in [4.78, 5) is 41.6. The number of fused-ring (bicyclic) bond motifs is 2. The van der Waals surface area contributed by atoms with Crippen LogP contribution in [0.1, 0.15) is 33.6 Å². The van der Waals surface area contributed by atoms with E-state index >= 15 is 0 Å². The van der Waals surface area contributed by atoms with Crippen LogP contribution in [0, 0.1) is 0 Å². The second kappa shape index (κ2) is 8.46. The quantitative estimate of drug-likeness (QED) is 0.231. The van der Waals surface area contributed by atoms with Gasteiger partial charge in [0.1, 0.15) is 11.6 Å². The van der Waals surface area contributed by atoms with Crippen molar-refractivity contribution in [2.45, 2.75) is 51.3 Å². The standard InChI is InChI=1S/C14H25N5O8S/c1-14(2,3)27-12(21)17-28(24,25)15-6-7-26-16-11(20)10-5-4-9-8-18(10)13(22)19(9)23/h9-10,15,23H,4-8H2,1-3H3,(H,16,20)(H,17,21)/t9-,10+/m1/s1. The number of hydrogen-bond acceptors (Lipinski definition) is 8. The Morgan fingerprint density at radius 1 is 1.29 bits per heavy atom. The van der Waals surface area contributed by atoms with E-state index in [1.807, 2.05) is 4.72 Å². The monoisotopic (exact) mass is 423 g/mol. The maximum atomic E-state index is 12.1. The lowest BCUT2D eigenvalue weighted by Gasteiger charge is -2.28. The van der Waals surface area contributed by atoms with Crippen LogP contribution in [-0.4, -0.2) is 79.0 Å². The summed E-state index contributed by atoms with van der Waals surface area (Å²) < 4.78 is 31.9. The van der Waals surface area contributed by atoms with Gasteiger partial charge in [0.05, 0.1) is 12.6 Å². The maximum Gasteiger partial charge on any atom is 0.422 e. The topological polar surface area (TPSA) is 167 Å². The van der Waals surface area contributed by atoms with Crippen LogP contribution in [-0.2, 0) is 24.6 Å². The summed E-state index contributed by atoms with van der Waals surface area (Å²) >= 11 is 0. The van der Waals surface area contributed by atoms with Crippen LogP contribution in [0.4, 0.5) is 9.59 Å². The molecule has 2 bridgehead atoms. The Kier molecular flexibility index (Phi) is 6.69. The predicted octanol–water partition coefficient (Wildman–Crippen LogP) is -0.949. The minimum atomic E-state index is -4.15. The summed E-state index contributed by atoms with van der Waals surface area (Å²) in [6.45, 7) is 4.55. The van der Waals surface area contributed by atoms with Gasteiger partial charge >= 0.3 is 22.3 Å². The van der Waals surface area contributed by atoms with Crippen LogP contribution in [0.25, 0.3) is 0 Å². The lowest BCUT2D eigenvalue weighted by atomic mass is 10.0. The lowest BCUT2D eigenvalue weighted by molar-refractivity contribution is -0.138. The number of piperidine rings is 1. The molecule has 160 valence electrons. The summed E-state index contributed by atoms with van der Waals surface area (Å²) in [6.07, 6.45) is -0.278. The fourth-order valence-electron chi connectivity index (χ4n) is 2.79. The summed E-state index contributed by atoms with van der Waals surface area (Å²) in [7, 11) is -4.15. The number of carbonyl (C=O) groups excluding carboxylic acids is 3. The number of hydrogen-bond donors (Lipinski definition) is 4. The predicted molar refractivity (Wildman–Crippen MR) is 92.9 cm³/mol. The van der Waals surface area contributed by atoms with Crippen molar-refractivity contribution in [2.24, 2.45) is 0 Å². The number of amides is 4. The first-order chi connectivity index (χ1) is 12.9. The first-order valence-electron chi connectivity index (χ1n) is 8.60. The molecule has 2 aliphatic heterocycles. The Bertz CT molecular complexity index is 722. The molecule has 0 aromatic heterocycles. The molecule has 28 heavy (non-hydrogen) atoms. The van der Waals surface area contributed by atoms with E-state index in [2.05, 4.69) is 5.48 Å². The van der Waals surface area contributed by atoms with Gasteiger partial charge in [0.15, 0.2) is 0 Å². The first-order valence-corrected chi connectivity index (χ1v) is 10.1. The summed E-state index contributed by atoms with van der Waals surface area (Å²) in [5, 5.41) is 10.2. The van der Waals surface area contributed by atoms with E-state index in [1.54, 1.807) is 25.5 Å². The second-order valence-corrected chi connectivity index (χ2v) is 8.84. The maximum absolute atomic E-state index is 12.1. The minimum Gasteiger partial charge on any atom is -0.443 e. The summed E-state index contributed by atoms with van der Waals surface area (Å²) in [6, 6.07) is -1.72. The van der Waals surface area contributed by atoms with Gasteiger partial charge in [-0.2, -0.15) is 13.1 Å². The highest BCUT2D eigenvalue weighted by molar-refractivity contribution is 7.88. The van der Waals surface area contributed by atoms with Crippen LogP contribution in [0.2, 0.25) is 0 Å². The summed E-state index contributed by atoms with van der Waals surface area (Å²) in [5.74, 6) is -0.572. The molecule has 0 aliphatic carbocycles. The molecule has 0 radical (unpaired) electrons. The van der Waals surface area contributed by atoms with Crippen molar-refractivity contribution in [3.63, 3.8) is 0 Å². The number of nitrogens with zero attached hydrogens (tertiary/aromatic N) is 2. The van der Waals surface area contributed by atoms with E-state index in [0.29, 0.717) is 17.9 Å². The molecule has 2 atom stereocenters. The number of nitrogens with one attached hydrogen (secondary N) is 3. The zero-order valence-electron chi connectivity index (χ0n) is 15.8. The molecule has 4 N–H and O–H groups in total. The highest BCUT2D eigenvalue weighted by Crippen LogP contribution is 2.28. The fraction of sp³-hybridized carbons (Fsp3) is 0.786. The molecule has 0 aromatic rings. The fourth-order valence-corrected chi connectivity index (χ4v) is 3.47. The highest BCUT2D eigenvalue weighted by atomic mass is 32.2. The van der Waals surface area contributed by atoms with Crippen molar-refractivity contribution in [2.75, 3.05) is 19.7 Å². The first kappa shape index (κ1) is 22.1. The van der Waals surface area contributed by atoms with Crippen molar-refractivity contribution in [1.29, 1.82) is 0 Å². The van der Waals surface area contributed by atoms with Crippen LogP contribution in [0.3, 0.4) is 0 Å². The lowest BCUT2D eigenvalue weighted by Crippen LogP contribution is -2.50. The number of rotatable bonds is 7. The van der Waals surface area contributed by atoms with Gasteiger partial charge in [0.25, 0.3) is 5.91 Å². The van der Waals surface area contributed by atoms with Crippen LogP contribution < -0.4 is 14.9 Å². The van der Waals surface area contributed by atoms with Crippen LogP contribution >= 0.6 is 0 Å². The van der Waals surface area contributed by atoms with Gasteiger partial charge in [-0.1, -0.05) is 0 Å². The van der Waals surface area contributed by atoms with Crippen molar-refractivity contribution in [1.82, 2.24) is 24.9 Å². The van der Waals surface area contributed by atoms with Gasteiger partial charge < -0.3 is 9.64 Å². The molecule has 0 aromatic carbocycles. The molecule has 13 nitrogen and oxygen atoms in total. The zero-order valence-corrected chi connectivity index (χ0v) is 16.6. The Morgan fingerprint density at radius 3 is 2.61 bits per heavy atom. The van der Waals surface area contributed by atoms with Gasteiger partial charge in [-0.25, -0.2) is 24.9 Å². The average molecular weight is 423 g/mol. The van der Waals surface area contributed by atoms with E-state index in [9.17, 15) is 28.0 Å². The molecular formula is C14H25N5O8S. The zero-order chi connectivity index (χ0) is 21.1. The summed E-state index contributed by atoms with van der Waals surface area (Å²) in [5.41, 5.74) is 1.30. The van der Waals surface area contributed by atoms with Gasteiger partial charge in [-0.3, -0.25) is 14.8 Å². The second-order valence-electron chi connectivity index (χ2n) is 7.34. The van der Waals surface area contributed by atoms with E-state index in [4.69, 9.17) is 9.57 Å². The molecule has 2 rings (SSSR count). The Balaban J connectivity index is 1.68. The van der Waals surface area contributed by atoms with Crippen molar-refractivity contribution in [3.8, 4) is 0 Å². The third-order valence-electron chi connectivity index (χ3n) is 3.93. The molecule has 2 saturated heterocycles. The van der Waals surface area contributed by atoms with E-state index in [-0.39, 0.29) is 25.7 Å². The number of ether oxygens (including phenoxy) is 1. The van der Waals surface area contributed by atoms with Crippen LogP contribution in [0.15, 0.2) is 0 Å². The van der Waals surface area contributed by atoms with Crippen molar-refractivity contribution < 1.29 is 37.6 Å². The third kappa shape index (κ3) is 5.92. The SMILES string of the molecule is CC(C)(C)OC(=O)NS(=O)(=O)NCCONC(=O)[C@@H]1CC[C@@H]2CN1C(=O)N2O. The van der Waals surface area contributed by atoms with Crippen molar-refractivity contribution >= 4 is 28.2 Å². The van der Waals surface area contributed by atoms with E-state index in [1.165, 1.54) is 4.90 Å². The smallest absolute Gasteiger partial charge is 0.422 e. The van der Waals surface area contributed by atoms with Gasteiger partial charge in [0, 0.05) is 13.1 Å². The number of hydroxylamine groups is 3. The third-order valence-corrected chi connectivity index (χ3v) is 4.95. The Labute approximate surface area is 162 Å². The molecule has 0 saturated carbocycles. The Morgan fingerprint density at radius 2 is 1.96 bits per heavy atom. The van der Waals surface area contributed by atoms with Gasteiger partial charge in [-0.15, -0.1) is 0 Å². The number of urea groups is 1. The molecule has 0 unspecified atom stereocenters. The molecule has 2 aliphatic rings. The Hall–Kier alpha value is -2.16. The van der Waals surface area contributed by atoms with Gasteiger partial charge in [-0.05, 0) is 33.6 Å². The van der Waals surface area contributed by atoms with Crippen LogP contribution in [0.5, 0.6) is 0 Å². The number of carbonyl (C=O) groups is 3.